The van der Waals surface area contributed by atoms with Crippen LogP contribution in [0, 0.1) is 6.92 Å². The van der Waals surface area contributed by atoms with E-state index in [2.05, 4.69) is 20.3 Å². The molecule has 2 heterocycles. The largest absolute Gasteiger partial charge is 0.465 e. The molecule has 0 fully saturated rings. The summed E-state index contributed by atoms with van der Waals surface area (Å²) in [5.74, 6) is 0.173. The highest BCUT2D eigenvalue weighted by atomic mass is 32.2. The number of nitrogens with zero attached hydrogens (tertiary/aromatic N) is 2. The third-order valence-corrected chi connectivity index (χ3v) is 6.49. The van der Waals surface area contributed by atoms with Crippen LogP contribution in [0.3, 0.4) is 0 Å². The number of hydrogen-bond acceptors (Lipinski definition) is 8. The van der Waals surface area contributed by atoms with Gasteiger partial charge in [0, 0.05) is 5.75 Å². The van der Waals surface area contributed by atoms with E-state index < -0.39 is 0 Å². The molecule has 3 aromatic rings. The minimum absolute atomic E-state index is 0.163. The number of thiophene rings is 1. The fraction of sp³-hybridized carbons (Fsp3) is 0.176. The Morgan fingerprint density at radius 3 is 2.62 bits per heavy atom. The van der Waals surface area contributed by atoms with Crippen LogP contribution >= 0.6 is 34.4 Å². The number of aromatic nitrogens is 2. The number of amides is 1. The van der Waals surface area contributed by atoms with Gasteiger partial charge >= 0.3 is 5.97 Å². The Morgan fingerprint density at radius 2 is 1.96 bits per heavy atom. The molecule has 2 aromatic heterocycles. The summed E-state index contributed by atoms with van der Waals surface area (Å²) in [6.07, 6.45) is 0. The molecule has 0 atom stereocenters. The van der Waals surface area contributed by atoms with Gasteiger partial charge in [-0.2, -0.15) is 0 Å². The number of thioether (sulfide) groups is 1. The molecule has 26 heavy (non-hydrogen) atoms. The van der Waals surface area contributed by atoms with Crippen LogP contribution in [-0.4, -0.2) is 29.2 Å². The zero-order valence-corrected chi connectivity index (χ0v) is 16.5. The number of aryl methyl sites for hydroxylation is 1. The molecular weight excluding hydrogens is 390 g/mol. The number of carbonyl (C=O) groups is 2. The van der Waals surface area contributed by atoms with Gasteiger partial charge in [-0.15, -0.1) is 21.5 Å². The van der Waals surface area contributed by atoms with E-state index in [1.54, 1.807) is 12.1 Å². The molecule has 1 amide bonds. The van der Waals surface area contributed by atoms with E-state index in [1.165, 1.54) is 41.5 Å². The second-order valence-electron chi connectivity index (χ2n) is 5.24. The van der Waals surface area contributed by atoms with E-state index in [0.717, 1.165) is 15.5 Å². The molecule has 3 rings (SSSR count). The van der Waals surface area contributed by atoms with Gasteiger partial charge in [0.2, 0.25) is 5.13 Å². The molecule has 0 aliphatic rings. The molecular formula is C17H15N3O3S3. The topological polar surface area (TPSA) is 81.2 Å². The lowest BCUT2D eigenvalue weighted by molar-refractivity contribution is 0.0600. The maximum Gasteiger partial charge on any atom is 0.337 e. The Kier molecular flexibility index (Phi) is 6.02. The molecule has 0 saturated carbocycles. The van der Waals surface area contributed by atoms with E-state index in [4.69, 9.17) is 0 Å². The number of hydrogen-bond donors (Lipinski definition) is 1. The SMILES string of the molecule is COC(=O)c1ccc(CSc2nnc(NC(=O)c3sccc3C)s2)cc1. The Hall–Kier alpha value is -2.23. The van der Waals surface area contributed by atoms with E-state index >= 15 is 0 Å². The van der Waals surface area contributed by atoms with Crippen LogP contribution in [0.15, 0.2) is 40.1 Å². The highest BCUT2D eigenvalue weighted by molar-refractivity contribution is 8.00. The van der Waals surface area contributed by atoms with Crippen LogP contribution in [0.4, 0.5) is 5.13 Å². The monoisotopic (exact) mass is 405 g/mol. The lowest BCUT2D eigenvalue weighted by atomic mass is 10.1. The van der Waals surface area contributed by atoms with Crippen LogP contribution in [0.2, 0.25) is 0 Å². The Morgan fingerprint density at radius 1 is 1.19 bits per heavy atom. The van der Waals surface area contributed by atoms with Crippen molar-refractivity contribution in [1.82, 2.24) is 10.2 Å². The average molecular weight is 406 g/mol. The number of carbonyl (C=O) groups excluding carboxylic acids is 2. The first kappa shape index (κ1) is 18.6. The van der Waals surface area contributed by atoms with Crippen molar-refractivity contribution in [3.05, 3.63) is 57.3 Å². The molecule has 0 aliphatic carbocycles. The van der Waals surface area contributed by atoms with Gasteiger partial charge in [-0.05, 0) is 41.6 Å². The Labute approximate surface area is 162 Å². The molecule has 134 valence electrons. The quantitative estimate of drug-likeness (QED) is 0.375. The Bertz CT molecular complexity index is 919. The van der Waals surface area contributed by atoms with Crippen LogP contribution in [-0.2, 0) is 10.5 Å². The predicted octanol–water partition coefficient (Wildman–Crippen LogP) is 4.24. The maximum atomic E-state index is 12.2. The zero-order valence-electron chi connectivity index (χ0n) is 14.0. The van der Waals surface area contributed by atoms with Gasteiger partial charge in [-0.1, -0.05) is 35.2 Å². The number of ether oxygens (including phenoxy) is 1. The summed E-state index contributed by atoms with van der Waals surface area (Å²) in [6.45, 7) is 1.90. The van der Waals surface area contributed by atoms with E-state index in [0.29, 0.717) is 21.3 Å². The van der Waals surface area contributed by atoms with Gasteiger partial charge in [0.15, 0.2) is 4.34 Å². The van der Waals surface area contributed by atoms with Crippen molar-refractivity contribution < 1.29 is 14.3 Å². The fourth-order valence-corrected chi connectivity index (χ4v) is 4.60. The van der Waals surface area contributed by atoms with Crippen molar-refractivity contribution in [3.8, 4) is 0 Å². The normalized spacial score (nSPS) is 10.5. The van der Waals surface area contributed by atoms with Crippen LogP contribution < -0.4 is 5.32 Å². The summed E-state index contributed by atoms with van der Waals surface area (Å²) in [5, 5.41) is 13.3. The molecule has 6 nitrogen and oxygen atoms in total. The second-order valence-corrected chi connectivity index (χ2v) is 8.35. The van der Waals surface area contributed by atoms with Crippen LogP contribution in [0.1, 0.15) is 31.2 Å². The number of benzene rings is 1. The maximum absolute atomic E-state index is 12.2. The number of rotatable bonds is 6. The summed E-state index contributed by atoms with van der Waals surface area (Å²) >= 11 is 4.26. The third kappa shape index (κ3) is 4.48. The van der Waals surface area contributed by atoms with Crippen molar-refractivity contribution >= 4 is 51.4 Å². The van der Waals surface area contributed by atoms with Gasteiger partial charge in [0.25, 0.3) is 5.91 Å². The van der Waals surface area contributed by atoms with Gasteiger partial charge in [-0.3, -0.25) is 10.1 Å². The van der Waals surface area contributed by atoms with Gasteiger partial charge < -0.3 is 4.74 Å². The van der Waals surface area contributed by atoms with Crippen molar-refractivity contribution in [2.45, 2.75) is 17.0 Å². The number of methoxy groups -OCH3 is 1. The number of anilines is 1. The third-order valence-electron chi connectivity index (χ3n) is 3.43. The lowest BCUT2D eigenvalue weighted by Gasteiger charge is -2.01. The van der Waals surface area contributed by atoms with Gasteiger partial charge in [-0.25, -0.2) is 4.79 Å². The number of nitrogens with one attached hydrogen (secondary N) is 1. The average Bonchev–Trinajstić information content (AvgIpc) is 3.28. The molecule has 1 aromatic carbocycles. The molecule has 0 aliphatic heterocycles. The molecule has 0 spiro atoms. The minimum atomic E-state index is -0.352. The molecule has 0 radical (unpaired) electrons. The van der Waals surface area contributed by atoms with E-state index in [1.807, 2.05) is 30.5 Å². The summed E-state index contributed by atoms with van der Waals surface area (Å²) in [6, 6.07) is 9.13. The first-order valence-corrected chi connectivity index (χ1v) is 10.2. The lowest BCUT2D eigenvalue weighted by Crippen LogP contribution is -2.10. The second kappa shape index (κ2) is 8.43. The molecule has 0 bridgehead atoms. The predicted molar refractivity (Wildman–Crippen MR) is 104 cm³/mol. The number of esters is 1. The summed E-state index contributed by atoms with van der Waals surface area (Å²) in [5.41, 5.74) is 2.52. The van der Waals surface area contributed by atoms with Crippen molar-refractivity contribution in [2.75, 3.05) is 12.4 Å². The smallest absolute Gasteiger partial charge is 0.337 e. The van der Waals surface area contributed by atoms with E-state index in [9.17, 15) is 9.59 Å². The molecule has 0 unspecified atom stereocenters. The van der Waals surface area contributed by atoms with Gasteiger partial charge in [0.1, 0.15) is 0 Å². The van der Waals surface area contributed by atoms with Gasteiger partial charge in [0.05, 0.1) is 17.6 Å². The first-order chi connectivity index (χ1) is 12.6. The Balaban J connectivity index is 1.56. The molecule has 9 heteroatoms. The zero-order chi connectivity index (χ0) is 18.5. The van der Waals surface area contributed by atoms with Crippen LogP contribution in [0.5, 0.6) is 0 Å². The summed E-state index contributed by atoms with van der Waals surface area (Å²) in [4.78, 5) is 24.3. The standard InChI is InChI=1S/C17H15N3O3S3/c1-10-7-8-24-13(10)14(21)18-16-19-20-17(26-16)25-9-11-3-5-12(6-4-11)15(22)23-2/h3-8H,9H2,1-2H3,(H,18,19,21). The summed E-state index contributed by atoms with van der Waals surface area (Å²) < 4.78 is 5.44. The van der Waals surface area contributed by atoms with Crippen LogP contribution in [0.25, 0.3) is 0 Å². The van der Waals surface area contributed by atoms with Crippen molar-refractivity contribution in [1.29, 1.82) is 0 Å². The highest BCUT2D eigenvalue weighted by Crippen LogP contribution is 2.29. The summed E-state index contributed by atoms with van der Waals surface area (Å²) in [7, 11) is 1.36. The molecule has 1 N–H and O–H groups in total. The highest BCUT2D eigenvalue weighted by Gasteiger charge is 2.14. The fourth-order valence-electron chi connectivity index (χ4n) is 2.08. The molecule has 0 saturated heterocycles. The first-order valence-electron chi connectivity index (χ1n) is 7.56. The van der Waals surface area contributed by atoms with Crippen molar-refractivity contribution in [3.63, 3.8) is 0 Å². The minimum Gasteiger partial charge on any atom is -0.465 e. The van der Waals surface area contributed by atoms with E-state index in [-0.39, 0.29) is 11.9 Å². The van der Waals surface area contributed by atoms with Crippen molar-refractivity contribution in [2.24, 2.45) is 0 Å².